The van der Waals surface area contributed by atoms with E-state index in [0.29, 0.717) is 12.0 Å². The molecule has 29 heavy (non-hydrogen) atoms. The molecule has 7 nitrogen and oxygen atoms in total. The van der Waals surface area contributed by atoms with Gasteiger partial charge in [0.05, 0.1) is 29.2 Å². The lowest BCUT2D eigenvalue weighted by Gasteiger charge is -2.26. The van der Waals surface area contributed by atoms with Crippen LogP contribution in [0.1, 0.15) is 54.6 Å². The van der Waals surface area contributed by atoms with E-state index in [1.54, 1.807) is 30.5 Å². The summed E-state index contributed by atoms with van der Waals surface area (Å²) in [5.41, 5.74) is 3.66. The first-order chi connectivity index (χ1) is 14.0. The van der Waals surface area contributed by atoms with Gasteiger partial charge in [-0.3, -0.25) is 4.68 Å². The summed E-state index contributed by atoms with van der Waals surface area (Å²) in [6.07, 6.45) is 10.4. The highest BCUT2D eigenvalue weighted by Gasteiger charge is 2.20. The molecule has 0 aliphatic heterocycles. The molecule has 0 atom stereocenters. The minimum atomic E-state index is -0.942. The van der Waals surface area contributed by atoms with Gasteiger partial charge in [0.1, 0.15) is 0 Å². The number of nitrogens with zero attached hydrogens (tertiary/aromatic N) is 4. The summed E-state index contributed by atoms with van der Waals surface area (Å²) >= 11 is 0. The number of nitrogens with one attached hydrogen (secondary N) is 1. The summed E-state index contributed by atoms with van der Waals surface area (Å²) in [5, 5.41) is 16.8. The fourth-order valence-electron chi connectivity index (χ4n) is 3.80. The molecule has 150 valence electrons. The molecule has 0 radical (unpaired) electrons. The summed E-state index contributed by atoms with van der Waals surface area (Å²) in [6.45, 7) is 4.25. The molecule has 1 aromatic carbocycles. The number of rotatable bonds is 5. The van der Waals surface area contributed by atoms with E-state index >= 15 is 0 Å². The Labute approximate surface area is 169 Å². The number of aromatic nitrogens is 4. The van der Waals surface area contributed by atoms with E-state index in [0.717, 1.165) is 28.4 Å². The highest BCUT2D eigenvalue weighted by molar-refractivity contribution is 5.88. The average molecular weight is 391 g/mol. The van der Waals surface area contributed by atoms with Crippen LogP contribution in [0.25, 0.3) is 11.3 Å². The molecule has 0 unspecified atom stereocenters. The van der Waals surface area contributed by atoms with Crippen LogP contribution in [-0.2, 0) is 0 Å². The van der Waals surface area contributed by atoms with Gasteiger partial charge in [-0.1, -0.05) is 19.1 Å². The second-order valence-electron chi connectivity index (χ2n) is 7.86. The lowest BCUT2D eigenvalue weighted by atomic mass is 9.87. The van der Waals surface area contributed by atoms with E-state index in [2.05, 4.69) is 27.3 Å². The Morgan fingerprint density at radius 1 is 1.14 bits per heavy atom. The Morgan fingerprint density at radius 3 is 2.55 bits per heavy atom. The van der Waals surface area contributed by atoms with Crippen molar-refractivity contribution < 1.29 is 9.90 Å². The number of hydrogen-bond acceptors (Lipinski definition) is 5. The van der Waals surface area contributed by atoms with Crippen LogP contribution >= 0.6 is 0 Å². The van der Waals surface area contributed by atoms with Crippen LogP contribution in [0.5, 0.6) is 0 Å². The van der Waals surface area contributed by atoms with Crippen LogP contribution in [-0.4, -0.2) is 30.8 Å². The van der Waals surface area contributed by atoms with E-state index in [9.17, 15) is 4.79 Å². The minimum Gasteiger partial charge on any atom is -0.478 e. The number of aromatic carboxylic acids is 1. The lowest BCUT2D eigenvalue weighted by Crippen LogP contribution is -2.16. The van der Waals surface area contributed by atoms with Crippen LogP contribution < -0.4 is 5.32 Å². The van der Waals surface area contributed by atoms with Crippen LogP contribution in [0.3, 0.4) is 0 Å². The largest absolute Gasteiger partial charge is 0.478 e. The zero-order chi connectivity index (χ0) is 20.4. The van der Waals surface area contributed by atoms with Crippen molar-refractivity contribution in [3.8, 4) is 11.3 Å². The van der Waals surface area contributed by atoms with Crippen molar-refractivity contribution in [2.45, 2.75) is 45.6 Å². The topological polar surface area (TPSA) is 92.9 Å². The molecule has 1 aliphatic carbocycles. The highest BCUT2D eigenvalue weighted by Crippen LogP contribution is 2.32. The number of benzene rings is 1. The molecule has 0 spiro atoms. The Bertz CT molecular complexity index is 1000. The molecule has 1 aliphatic rings. The number of carboxylic acids is 1. The van der Waals surface area contributed by atoms with Crippen LogP contribution in [0.15, 0.2) is 42.9 Å². The highest BCUT2D eigenvalue weighted by atomic mass is 16.4. The van der Waals surface area contributed by atoms with Crippen molar-refractivity contribution in [3.63, 3.8) is 0 Å². The monoisotopic (exact) mass is 391 g/mol. The quantitative estimate of drug-likeness (QED) is 0.646. The lowest BCUT2D eigenvalue weighted by molar-refractivity contribution is 0.0697. The first kappa shape index (κ1) is 19.1. The van der Waals surface area contributed by atoms with Gasteiger partial charge < -0.3 is 10.4 Å². The molecule has 2 N–H and O–H groups in total. The molecule has 4 rings (SSSR count). The predicted molar refractivity (Wildman–Crippen MR) is 111 cm³/mol. The first-order valence-corrected chi connectivity index (χ1v) is 9.98. The van der Waals surface area contributed by atoms with Gasteiger partial charge in [0, 0.05) is 18.0 Å². The van der Waals surface area contributed by atoms with Gasteiger partial charge in [-0.15, -0.1) is 0 Å². The maximum Gasteiger partial charge on any atom is 0.335 e. The van der Waals surface area contributed by atoms with Crippen molar-refractivity contribution in [1.29, 1.82) is 0 Å². The van der Waals surface area contributed by atoms with E-state index in [1.165, 1.54) is 25.7 Å². The van der Waals surface area contributed by atoms with Crippen molar-refractivity contribution >= 4 is 17.6 Å². The maximum absolute atomic E-state index is 11.1. The normalized spacial score (nSPS) is 19.1. The molecule has 7 heteroatoms. The van der Waals surface area contributed by atoms with Crippen molar-refractivity contribution in [2.75, 3.05) is 5.32 Å². The zero-order valence-electron chi connectivity index (χ0n) is 16.7. The average Bonchev–Trinajstić information content (AvgIpc) is 3.18. The van der Waals surface area contributed by atoms with Crippen molar-refractivity contribution in [2.24, 2.45) is 5.92 Å². The Hall–Kier alpha value is -3.22. The van der Waals surface area contributed by atoms with Crippen LogP contribution in [0, 0.1) is 12.8 Å². The molecule has 3 aromatic rings. The van der Waals surface area contributed by atoms with Gasteiger partial charge >= 0.3 is 5.97 Å². The van der Waals surface area contributed by atoms with Gasteiger partial charge in [-0.05, 0) is 56.2 Å². The van der Waals surface area contributed by atoms with Gasteiger partial charge in [0.2, 0.25) is 5.95 Å². The van der Waals surface area contributed by atoms with E-state index in [1.807, 2.05) is 24.0 Å². The number of anilines is 2. The van der Waals surface area contributed by atoms with E-state index in [-0.39, 0.29) is 5.56 Å². The number of aryl methyl sites for hydroxylation is 1. The molecular weight excluding hydrogens is 366 g/mol. The third-order valence-electron chi connectivity index (χ3n) is 5.59. The predicted octanol–water partition coefficient (Wildman–Crippen LogP) is 4.84. The molecule has 0 saturated heterocycles. The fourth-order valence-corrected chi connectivity index (χ4v) is 3.80. The van der Waals surface area contributed by atoms with Gasteiger partial charge in [0.15, 0.2) is 0 Å². The number of carbonyl (C=O) groups is 1. The summed E-state index contributed by atoms with van der Waals surface area (Å²) in [6, 6.07) is 7.17. The molecule has 0 amide bonds. The Kier molecular flexibility index (Phi) is 5.29. The summed E-state index contributed by atoms with van der Waals surface area (Å²) in [4.78, 5) is 20.1. The standard InChI is InChI=1S/C22H25N5O2/c1-14-3-9-19(10-4-14)27-13-18(12-24-27)25-22-23-11-15(2)20(26-22)16-5-7-17(8-6-16)21(28)29/h5-8,11-14,19H,3-4,9-10H2,1-2H3,(H,28,29)(H,23,25,26). The Balaban J connectivity index is 1.51. The third-order valence-corrected chi connectivity index (χ3v) is 5.59. The van der Waals surface area contributed by atoms with Crippen molar-refractivity contribution in [1.82, 2.24) is 19.7 Å². The van der Waals surface area contributed by atoms with Crippen molar-refractivity contribution in [3.05, 3.63) is 54.0 Å². The third kappa shape index (κ3) is 4.29. The molecule has 2 heterocycles. The molecular formula is C22H25N5O2. The first-order valence-electron chi connectivity index (χ1n) is 9.98. The number of hydrogen-bond donors (Lipinski definition) is 2. The number of carboxylic acid groups (broad SMARTS) is 1. The zero-order valence-corrected chi connectivity index (χ0v) is 16.7. The minimum absolute atomic E-state index is 0.253. The maximum atomic E-state index is 11.1. The smallest absolute Gasteiger partial charge is 0.335 e. The molecule has 2 aromatic heterocycles. The van der Waals surface area contributed by atoms with Gasteiger partial charge in [-0.25, -0.2) is 14.8 Å². The van der Waals surface area contributed by atoms with Crippen LogP contribution in [0.2, 0.25) is 0 Å². The second kappa shape index (κ2) is 8.03. The molecule has 0 bridgehead atoms. The SMILES string of the molecule is Cc1cnc(Nc2cnn(C3CCC(C)CC3)c2)nc1-c1ccc(C(=O)O)cc1. The molecule has 1 saturated carbocycles. The second-order valence-corrected chi connectivity index (χ2v) is 7.86. The summed E-state index contributed by atoms with van der Waals surface area (Å²) in [5.74, 6) is 0.357. The van der Waals surface area contributed by atoms with Gasteiger partial charge in [-0.2, -0.15) is 5.10 Å². The molecule has 1 fully saturated rings. The van der Waals surface area contributed by atoms with Gasteiger partial charge in [0.25, 0.3) is 0 Å². The van der Waals surface area contributed by atoms with E-state index in [4.69, 9.17) is 5.11 Å². The summed E-state index contributed by atoms with van der Waals surface area (Å²) < 4.78 is 2.05. The Morgan fingerprint density at radius 2 is 1.86 bits per heavy atom. The van der Waals surface area contributed by atoms with Crippen LogP contribution in [0.4, 0.5) is 11.6 Å². The van der Waals surface area contributed by atoms with E-state index < -0.39 is 5.97 Å². The fraction of sp³-hybridized carbons (Fsp3) is 0.364. The summed E-state index contributed by atoms with van der Waals surface area (Å²) in [7, 11) is 0.